The Bertz CT molecular complexity index is 1800. The summed E-state index contributed by atoms with van der Waals surface area (Å²) in [5.41, 5.74) is -1.08. The van der Waals surface area contributed by atoms with Crippen molar-refractivity contribution in [2.24, 2.45) is 0 Å². The summed E-state index contributed by atoms with van der Waals surface area (Å²) in [5.74, 6) is -1.72. The number of nitrogens with one attached hydrogen (secondary N) is 1. The second-order valence-corrected chi connectivity index (χ2v) is 10.2. The quantitative estimate of drug-likeness (QED) is 0.251. The highest BCUT2D eigenvalue weighted by Gasteiger charge is 2.58. The first-order valence-electron chi connectivity index (χ1n) is 13.7. The molecule has 0 bridgehead atoms. The van der Waals surface area contributed by atoms with Crippen LogP contribution in [0.4, 0.5) is 10.2 Å². The average molecular weight is 596 g/mol. The van der Waals surface area contributed by atoms with Gasteiger partial charge in [0, 0.05) is 5.56 Å². The number of nitrogens with zero attached hydrogens (tertiary/aromatic N) is 4. The van der Waals surface area contributed by atoms with E-state index in [0.717, 1.165) is 0 Å². The summed E-state index contributed by atoms with van der Waals surface area (Å²) in [5, 5.41) is 2.71. The summed E-state index contributed by atoms with van der Waals surface area (Å²) >= 11 is 0. The summed E-state index contributed by atoms with van der Waals surface area (Å²) in [4.78, 5) is 51.2. The molecule has 1 aliphatic rings. The number of carbonyl (C=O) groups is 3. The highest BCUT2D eigenvalue weighted by atomic mass is 19.1. The van der Waals surface area contributed by atoms with Gasteiger partial charge in [0.2, 0.25) is 0 Å². The minimum atomic E-state index is -2.35. The van der Waals surface area contributed by atoms with Gasteiger partial charge in [-0.3, -0.25) is 9.36 Å². The molecule has 0 radical (unpaired) electrons. The largest absolute Gasteiger partial charge is 0.459 e. The maximum atomic E-state index is 16.8. The fourth-order valence-corrected chi connectivity index (χ4v) is 4.99. The number of anilines is 1. The van der Waals surface area contributed by atoms with Crippen LogP contribution in [0.25, 0.3) is 11.2 Å². The molecule has 1 fully saturated rings. The molecule has 5 aromatic rings. The maximum absolute atomic E-state index is 16.8. The standard InChI is InChI=1S/C32H26FN5O6/c1-32(33)25(44-30(41)22-15-9-4-10-16-22)23(17-42-29(40)21-13-7-3-8-14-21)43-31(32)38-19-36-24-26(34-18-35-27(24)38)37-28(39)20-11-5-2-6-12-20/h2-16,18-19,23,25,31H,17H2,1H3,(H,34,35,37,39)/t23-,25-,31-,32+/m1/s1. The van der Waals surface area contributed by atoms with Gasteiger partial charge >= 0.3 is 11.9 Å². The summed E-state index contributed by atoms with van der Waals surface area (Å²) in [6.45, 7) is 0.821. The highest BCUT2D eigenvalue weighted by Crippen LogP contribution is 2.44. The molecule has 2 aromatic heterocycles. The van der Waals surface area contributed by atoms with Crippen molar-refractivity contribution in [3.8, 4) is 0 Å². The van der Waals surface area contributed by atoms with Crippen LogP contribution in [0.2, 0.25) is 0 Å². The lowest BCUT2D eigenvalue weighted by Gasteiger charge is -2.27. The smallest absolute Gasteiger partial charge is 0.338 e. The summed E-state index contributed by atoms with van der Waals surface area (Å²) < 4.78 is 35.4. The van der Waals surface area contributed by atoms with Crippen molar-refractivity contribution in [3.05, 3.63) is 120 Å². The molecule has 3 aromatic carbocycles. The van der Waals surface area contributed by atoms with Gasteiger partial charge in [-0.15, -0.1) is 0 Å². The Morgan fingerprint density at radius 3 is 2.09 bits per heavy atom. The van der Waals surface area contributed by atoms with Gasteiger partial charge in [-0.05, 0) is 43.3 Å². The molecule has 222 valence electrons. The first-order chi connectivity index (χ1) is 21.3. The Labute approximate surface area is 250 Å². The molecule has 1 aliphatic heterocycles. The van der Waals surface area contributed by atoms with E-state index in [0.29, 0.717) is 11.1 Å². The summed E-state index contributed by atoms with van der Waals surface area (Å²) in [6.07, 6.45) is -1.58. The topological polar surface area (TPSA) is 135 Å². The lowest BCUT2D eigenvalue weighted by Crippen LogP contribution is -2.44. The van der Waals surface area contributed by atoms with E-state index in [1.165, 1.54) is 24.1 Å². The predicted octanol–water partition coefficient (Wildman–Crippen LogP) is 4.79. The Morgan fingerprint density at radius 1 is 0.864 bits per heavy atom. The molecule has 0 unspecified atom stereocenters. The zero-order valence-corrected chi connectivity index (χ0v) is 23.4. The van der Waals surface area contributed by atoms with Crippen molar-refractivity contribution in [3.63, 3.8) is 0 Å². The van der Waals surface area contributed by atoms with Gasteiger partial charge < -0.3 is 19.5 Å². The van der Waals surface area contributed by atoms with Crippen molar-refractivity contribution in [2.45, 2.75) is 31.0 Å². The van der Waals surface area contributed by atoms with E-state index in [1.54, 1.807) is 91.0 Å². The Morgan fingerprint density at radius 2 is 1.45 bits per heavy atom. The molecule has 1 N–H and O–H groups in total. The monoisotopic (exact) mass is 595 g/mol. The number of esters is 2. The van der Waals surface area contributed by atoms with Crippen molar-refractivity contribution in [1.29, 1.82) is 0 Å². The van der Waals surface area contributed by atoms with Gasteiger partial charge in [0.25, 0.3) is 5.91 Å². The van der Waals surface area contributed by atoms with E-state index < -0.39 is 48.6 Å². The number of imidazole rings is 1. The molecule has 1 amide bonds. The molecule has 12 heteroatoms. The number of hydrogen-bond acceptors (Lipinski definition) is 9. The van der Waals surface area contributed by atoms with E-state index in [9.17, 15) is 14.4 Å². The zero-order valence-electron chi connectivity index (χ0n) is 23.4. The third-order valence-corrected chi connectivity index (χ3v) is 7.19. The van der Waals surface area contributed by atoms with Gasteiger partial charge in [0.05, 0.1) is 17.5 Å². The van der Waals surface area contributed by atoms with Crippen molar-refractivity contribution in [1.82, 2.24) is 19.5 Å². The number of halogens is 1. The predicted molar refractivity (Wildman–Crippen MR) is 156 cm³/mol. The number of rotatable bonds is 8. The number of alkyl halides is 1. The third-order valence-electron chi connectivity index (χ3n) is 7.19. The van der Waals surface area contributed by atoms with Gasteiger partial charge in [0.1, 0.15) is 19.0 Å². The van der Waals surface area contributed by atoms with Crippen LogP contribution in [-0.2, 0) is 14.2 Å². The van der Waals surface area contributed by atoms with Crippen LogP contribution in [0.15, 0.2) is 104 Å². The lowest BCUT2D eigenvalue weighted by molar-refractivity contribution is -0.0611. The molecule has 0 saturated carbocycles. The number of aromatic nitrogens is 4. The molecular weight excluding hydrogens is 569 g/mol. The number of amides is 1. The molecule has 6 rings (SSSR count). The van der Waals surface area contributed by atoms with Gasteiger partial charge in [0.15, 0.2) is 35.0 Å². The average Bonchev–Trinajstić information content (AvgIpc) is 3.59. The van der Waals surface area contributed by atoms with Crippen LogP contribution in [0.5, 0.6) is 0 Å². The SMILES string of the molecule is C[C@]1(F)[C@H](OC(=O)c2ccccc2)[C@@H](COC(=O)c2ccccc2)O[C@H]1n1cnc2c(NC(=O)c3ccccc3)ncnc21. The second-order valence-electron chi connectivity index (χ2n) is 10.2. The fourth-order valence-electron chi connectivity index (χ4n) is 4.99. The van der Waals surface area contributed by atoms with E-state index >= 15 is 4.39 Å². The molecular formula is C32H26FN5O6. The maximum Gasteiger partial charge on any atom is 0.338 e. The normalized spacial score (nSPS) is 21.1. The molecule has 0 aliphatic carbocycles. The zero-order chi connectivity index (χ0) is 30.7. The van der Waals surface area contributed by atoms with E-state index in [4.69, 9.17) is 14.2 Å². The molecule has 1 saturated heterocycles. The van der Waals surface area contributed by atoms with E-state index in [-0.39, 0.29) is 22.5 Å². The second kappa shape index (κ2) is 12.0. The number of benzene rings is 3. The number of hydrogen-bond donors (Lipinski definition) is 1. The lowest BCUT2D eigenvalue weighted by atomic mass is 9.98. The Kier molecular flexibility index (Phi) is 7.82. The summed E-state index contributed by atoms with van der Waals surface area (Å²) in [6, 6.07) is 25.0. The number of ether oxygens (including phenoxy) is 3. The van der Waals surface area contributed by atoms with Crippen molar-refractivity contribution >= 4 is 34.8 Å². The van der Waals surface area contributed by atoms with Crippen LogP contribution in [0, 0.1) is 0 Å². The highest BCUT2D eigenvalue weighted by molar-refractivity contribution is 6.06. The van der Waals surface area contributed by atoms with Gasteiger partial charge in [-0.2, -0.15) is 0 Å². The van der Waals surface area contributed by atoms with Crippen LogP contribution < -0.4 is 5.32 Å². The third kappa shape index (κ3) is 5.62. The van der Waals surface area contributed by atoms with Crippen LogP contribution >= 0.6 is 0 Å². The van der Waals surface area contributed by atoms with Crippen LogP contribution in [0.1, 0.15) is 44.2 Å². The minimum Gasteiger partial charge on any atom is -0.459 e. The Balaban J connectivity index is 1.29. The molecule has 4 atom stereocenters. The molecule has 11 nitrogen and oxygen atoms in total. The van der Waals surface area contributed by atoms with Crippen LogP contribution in [-0.4, -0.2) is 61.8 Å². The van der Waals surface area contributed by atoms with Crippen LogP contribution in [0.3, 0.4) is 0 Å². The van der Waals surface area contributed by atoms with Crippen molar-refractivity contribution in [2.75, 3.05) is 11.9 Å². The van der Waals surface area contributed by atoms with Gasteiger partial charge in [-0.25, -0.2) is 28.9 Å². The minimum absolute atomic E-state index is 0.113. The Hall–Kier alpha value is -5.49. The molecule has 3 heterocycles. The first-order valence-corrected chi connectivity index (χ1v) is 13.7. The fraction of sp³-hybridized carbons (Fsp3) is 0.188. The number of carbonyl (C=O) groups excluding carboxylic acids is 3. The van der Waals surface area contributed by atoms with Gasteiger partial charge in [-0.1, -0.05) is 54.6 Å². The first kappa shape index (κ1) is 28.6. The number of fused-ring (bicyclic) bond motifs is 1. The van der Waals surface area contributed by atoms with Crippen molar-refractivity contribution < 1.29 is 33.0 Å². The molecule has 0 spiro atoms. The van der Waals surface area contributed by atoms with E-state index in [1.807, 2.05) is 0 Å². The summed E-state index contributed by atoms with van der Waals surface area (Å²) in [7, 11) is 0. The molecule has 44 heavy (non-hydrogen) atoms. The van der Waals surface area contributed by atoms with E-state index in [2.05, 4.69) is 20.3 Å².